The summed E-state index contributed by atoms with van der Waals surface area (Å²) in [4.78, 5) is 0. The first-order valence-corrected chi connectivity index (χ1v) is 10.6. The molecule has 0 aromatic heterocycles. The van der Waals surface area contributed by atoms with Gasteiger partial charge in [0.2, 0.25) is 0 Å². The van der Waals surface area contributed by atoms with E-state index < -0.39 is 0 Å². The molecule has 1 aromatic carbocycles. The van der Waals surface area contributed by atoms with Crippen molar-refractivity contribution in [2.45, 2.75) is 57.6 Å². The van der Waals surface area contributed by atoms with Crippen LogP contribution in [0, 0.1) is 5.82 Å². The zero-order valence-electron chi connectivity index (χ0n) is 17.4. The Morgan fingerprint density at radius 3 is 2.79 bits per heavy atom. The van der Waals surface area contributed by atoms with Crippen molar-refractivity contribution in [1.82, 2.24) is 21.3 Å². The molecular weight excluding hydrogens is 373 g/mol. The van der Waals surface area contributed by atoms with Crippen molar-refractivity contribution in [3.63, 3.8) is 0 Å². The summed E-state index contributed by atoms with van der Waals surface area (Å²) in [5, 5.41) is 16.8. The highest BCUT2D eigenvalue weighted by atomic mass is 19.1. The van der Waals surface area contributed by atoms with Gasteiger partial charge in [0.25, 0.3) is 0 Å². The molecule has 3 unspecified atom stereocenters. The molecule has 1 fully saturated rings. The van der Waals surface area contributed by atoms with Gasteiger partial charge in [-0.25, -0.2) is 4.39 Å². The van der Waals surface area contributed by atoms with E-state index in [1.54, 1.807) is 6.07 Å². The van der Waals surface area contributed by atoms with E-state index in [0.717, 1.165) is 31.4 Å². The normalized spacial score (nSPS) is 29.7. The Morgan fingerprint density at radius 2 is 1.97 bits per heavy atom. The number of benzene rings is 1. The van der Waals surface area contributed by atoms with E-state index >= 15 is 4.39 Å². The number of hydrogen-bond acceptors (Lipinski definition) is 7. The van der Waals surface area contributed by atoms with Crippen LogP contribution >= 0.6 is 0 Å². The molecule has 1 aromatic rings. The minimum atomic E-state index is -0.294. The zero-order valence-corrected chi connectivity index (χ0v) is 17.4. The van der Waals surface area contributed by atoms with E-state index in [4.69, 9.17) is 9.47 Å². The van der Waals surface area contributed by atoms with Gasteiger partial charge in [0, 0.05) is 24.7 Å². The molecule has 5 N–H and O–H groups in total. The summed E-state index contributed by atoms with van der Waals surface area (Å²) >= 11 is 0. The summed E-state index contributed by atoms with van der Waals surface area (Å²) in [6.45, 7) is 5.89. The second-order valence-corrected chi connectivity index (χ2v) is 8.10. The molecule has 160 valence electrons. The second-order valence-electron chi connectivity index (χ2n) is 8.10. The number of allylic oxidation sites excluding steroid dienone is 1. The lowest BCUT2D eigenvalue weighted by Gasteiger charge is -2.37. The summed E-state index contributed by atoms with van der Waals surface area (Å²) in [6, 6.07) is 2.41. The third-order valence-electron chi connectivity index (χ3n) is 5.81. The van der Waals surface area contributed by atoms with Gasteiger partial charge in [-0.3, -0.25) is 10.6 Å². The standard InChI is InChI=1S/C21H32FN5O2/c1-12-4-5-14(6-7-24-12)18-19(22)15(11-16-20(18)29-9-8-28-16)26-21-25-13(2)10-17(23-3)27-21/h6,11-13,17,21,23-27H,4-5,7-10H2,1-3H3/t12-,13?,17?,21?/m0/s1. The van der Waals surface area contributed by atoms with E-state index in [-0.39, 0.29) is 18.3 Å². The number of nitrogens with one attached hydrogen (secondary N) is 5. The van der Waals surface area contributed by atoms with Crippen LogP contribution < -0.4 is 36.1 Å². The fraction of sp³-hybridized carbons (Fsp3) is 0.619. The van der Waals surface area contributed by atoms with Crippen molar-refractivity contribution >= 4 is 11.3 Å². The molecule has 0 aliphatic carbocycles. The average molecular weight is 406 g/mol. The second kappa shape index (κ2) is 8.87. The van der Waals surface area contributed by atoms with Crippen LogP contribution in [-0.2, 0) is 0 Å². The maximum atomic E-state index is 15.8. The first-order chi connectivity index (χ1) is 14.0. The van der Waals surface area contributed by atoms with Crippen LogP contribution in [-0.4, -0.2) is 51.3 Å². The van der Waals surface area contributed by atoms with Crippen molar-refractivity contribution in [2.24, 2.45) is 0 Å². The summed E-state index contributed by atoms with van der Waals surface area (Å²) in [6.07, 6.45) is 4.66. The molecule has 0 spiro atoms. The van der Waals surface area contributed by atoms with Gasteiger partial charge in [-0.15, -0.1) is 0 Å². The highest BCUT2D eigenvalue weighted by Gasteiger charge is 2.29. The Balaban J connectivity index is 1.67. The monoisotopic (exact) mass is 405 g/mol. The van der Waals surface area contributed by atoms with Gasteiger partial charge < -0.3 is 25.4 Å². The van der Waals surface area contributed by atoms with Crippen LogP contribution in [0.2, 0.25) is 0 Å². The quantitative estimate of drug-likeness (QED) is 0.524. The Bertz CT molecular complexity index is 772. The first kappa shape index (κ1) is 20.4. The number of halogens is 1. The molecule has 0 saturated carbocycles. The van der Waals surface area contributed by atoms with Crippen molar-refractivity contribution in [2.75, 3.05) is 32.1 Å². The largest absolute Gasteiger partial charge is 0.486 e. The number of fused-ring (bicyclic) bond motifs is 1. The van der Waals surface area contributed by atoms with Crippen LogP contribution in [0.15, 0.2) is 12.1 Å². The Hall–Kier alpha value is -1.87. The lowest BCUT2D eigenvalue weighted by molar-refractivity contribution is 0.170. The van der Waals surface area contributed by atoms with Crippen LogP contribution in [0.3, 0.4) is 0 Å². The summed E-state index contributed by atoms with van der Waals surface area (Å²) in [5.74, 6) is 0.819. The molecule has 1 saturated heterocycles. The third-order valence-corrected chi connectivity index (χ3v) is 5.81. The number of hydrogen-bond donors (Lipinski definition) is 5. The maximum absolute atomic E-state index is 15.8. The van der Waals surface area contributed by atoms with Gasteiger partial charge in [-0.05, 0) is 45.7 Å². The van der Waals surface area contributed by atoms with E-state index in [1.807, 2.05) is 7.05 Å². The van der Waals surface area contributed by atoms with Gasteiger partial charge in [-0.1, -0.05) is 6.08 Å². The number of rotatable bonds is 4. The van der Waals surface area contributed by atoms with Crippen LogP contribution in [0.1, 0.15) is 38.7 Å². The first-order valence-electron chi connectivity index (χ1n) is 10.6. The molecule has 3 heterocycles. The number of anilines is 1. The lowest BCUT2D eigenvalue weighted by Crippen LogP contribution is -2.63. The Labute approximate surface area is 171 Å². The zero-order chi connectivity index (χ0) is 20.4. The van der Waals surface area contributed by atoms with E-state index in [1.165, 1.54) is 0 Å². The predicted octanol–water partition coefficient (Wildman–Crippen LogP) is 1.96. The van der Waals surface area contributed by atoms with Gasteiger partial charge >= 0.3 is 0 Å². The van der Waals surface area contributed by atoms with E-state index in [2.05, 4.69) is 46.5 Å². The SMILES string of the molecule is CNC1CC(C)NC(Nc2cc3c(c(C4=CCN[C@@H](C)CC4)c2F)OCCO3)N1. The molecule has 29 heavy (non-hydrogen) atoms. The molecule has 7 nitrogen and oxygen atoms in total. The van der Waals surface area contributed by atoms with Gasteiger partial charge in [0.05, 0.1) is 17.4 Å². The number of ether oxygens (including phenoxy) is 2. The molecule has 4 rings (SSSR count). The van der Waals surface area contributed by atoms with Crippen molar-refractivity contribution < 1.29 is 13.9 Å². The predicted molar refractivity (Wildman–Crippen MR) is 113 cm³/mol. The Morgan fingerprint density at radius 1 is 1.14 bits per heavy atom. The van der Waals surface area contributed by atoms with Crippen LogP contribution in [0.25, 0.3) is 5.57 Å². The minimum Gasteiger partial charge on any atom is -0.486 e. The molecule has 0 amide bonds. The molecule has 0 bridgehead atoms. The summed E-state index contributed by atoms with van der Waals surface area (Å²) in [7, 11) is 1.92. The lowest BCUT2D eigenvalue weighted by atomic mass is 9.97. The summed E-state index contributed by atoms with van der Waals surface area (Å²) < 4.78 is 27.5. The fourth-order valence-corrected chi connectivity index (χ4v) is 4.21. The van der Waals surface area contributed by atoms with Gasteiger partial charge in [0.1, 0.15) is 19.5 Å². The van der Waals surface area contributed by atoms with Crippen molar-refractivity contribution in [3.8, 4) is 11.5 Å². The topological polar surface area (TPSA) is 78.6 Å². The van der Waals surface area contributed by atoms with Crippen LogP contribution in [0.5, 0.6) is 11.5 Å². The van der Waals surface area contributed by atoms with Gasteiger partial charge in [-0.2, -0.15) is 0 Å². The van der Waals surface area contributed by atoms with E-state index in [0.29, 0.717) is 48.0 Å². The van der Waals surface area contributed by atoms with Crippen molar-refractivity contribution in [3.05, 3.63) is 23.5 Å². The highest BCUT2D eigenvalue weighted by Crippen LogP contribution is 2.44. The third kappa shape index (κ3) is 4.50. The molecule has 3 aliphatic heterocycles. The highest BCUT2D eigenvalue weighted by molar-refractivity contribution is 5.78. The van der Waals surface area contributed by atoms with Crippen LogP contribution in [0.4, 0.5) is 10.1 Å². The minimum absolute atomic E-state index is 0.153. The fourth-order valence-electron chi connectivity index (χ4n) is 4.21. The average Bonchev–Trinajstić information content (AvgIpc) is 2.92. The maximum Gasteiger partial charge on any atom is 0.171 e. The molecule has 4 atom stereocenters. The molecular formula is C21H32FN5O2. The smallest absolute Gasteiger partial charge is 0.171 e. The summed E-state index contributed by atoms with van der Waals surface area (Å²) in [5.41, 5.74) is 1.90. The van der Waals surface area contributed by atoms with Gasteiger partial charge in [0.15, 0.2) is 17.3 Å². The Kier molecular flexibility index (Phi) is 6.24. The molecule has 3 aliphatic rings. The van der Waals surface area contributed by atoms with Crippen molar-refractivity contribution in [1.29, 1.82) is 0 Å². The molecule has 8 heteroatoms. The molecule has 0 radical (unpaired) electrons. The van der Waals surface area contributed by atoms with E-state index in [9.17, 15) is 0 Å².